The zero-order valence-electron chi connectivity index (χ0n) is 20.5. The summed E-state index contributed by atoms with van der Waals surface area (Å²) in [7, 11) is -4.20. The molecule has 0 amide bonds. The Kier molecular flexibility index (Phi) is 7.80. The predicted molar refractivity (Wildman–Crippen MR) is 147 cm³/mol. The number of carbonyl (C=O) groups excluding carboxylic acids is 1. The Morgan fingerprint density at radius 1 is 1.15 bits per heavy atom. The molecule has 0 bridgehead atoms. The summed E-state index contributed by atoms with van der Waals surface area (Å²) in [6.45, 7) is 0.167. The fourth-order valence-corrected chi connectivity index (χ4v) is 5.75. The fourth-order valence-electron chi connectivity index (χ4n) is 4.94. The van der Waals surface area contributed by atoms with Crippen molar-refractivity contribution in [3.05, 3.63) is 88.4 Å². The Bertz CT molecular complexity index is 1630. The Labute approximate surface area is 233 Å². The van der Waals surface area contributed by atoms with Crippen molar-refractivity contribution in [3.8, 4) is 0 Å². The van der Waals surface area contributed by atoms with Gasteiger partial charge in [0, 0.05) is 45.8 Å². The molecule has 2 heterocycles. The third kappa shape index (κ3) is 6.03. The molecule has 2 aromatic carbocycles. The van der Waals surface area contributed by atoms with E-state index in [1.807, 2.05) is 53.1 Å². The molecule has 1 aliphatic rings. The molecule has 4 atom stereocenters. The summed E-state index contributed by atoms with van der Waals surface area (Å²) in [6.07, 6.45) is 2.11. The van der Waals surface area contributed by atoms with Crippen molar-refractivity contribution >= 4 is 48.7 Å². The molecule has 1 saturated carbocycles. The van der Waals surface area contributed by atoms with E-state index in [9.17, 15) is 23.4 Å². The van der Waals surface area contributed by atoms with Crippen molar-refractivity contribution in [2.24, 2.45) is 11.1 Å². The lowest BCUT2D eigenvalue weighted by Gasteiger charge is -2.19. The van der Waals surface area contributed by atoms with Crippen molar-refractivity contribution in [2.45, 2.75) is 31.2 Å². The molecule has 204 valence electrons. The topological polar surface area (TPSA) is 170 Å². The third-order valence-electron chi connectivity index (χ3n) is 6.80. The quantitative estimate of drug-likeness (QED) is 0.206. The number of nitrogens with two attached hydrogens (primary N) is 1. The number of anilines is 1. The Hall–Kier alpha value is -3.20. The monoisotopic (exact) mass is 615 g/mol. The highest BCUT2D eigenvalue weighted by atomic mass is 79.9. The molecule has 0 unspecified atom stereocenters. The number of halogens is 1. The molecule has 1 aliphatic carbocycles. The number of hydrogen-bond acceptors (Lipinski definition) is 9. The molecule has 5 rings (SSSR count). The number of nitrogens with zero attached hydrogens (tertiary/aromatic N) is 3. The van der Waals surface area contributed by atoms with Crippen LogP contribution in [0.3, 0.4) is 0 Å². The minimum absolute atomic E-state index is 0.154. The average molecular weight is 616 g/mol. The standard InChI is InChI=1S/C26H26BrN5O6S/c27-17-5-3-4-15(8-17)11-32-12-20(18-6-1-2-7-22(18)32)24(34)19-10-29-14-30-26(19)31-21-9-16(23(33)25(21)35)13-38-39(28,36)37/h1-8,10,12,14,16,21,23,25,33,35H,9,11,13H2,(H2,28,36,37)(H,29,30,31)/t16-,21-,23-,25+/m1/s1. The van der Waals surface area contributed by atoms with E-state index in [1.165, 1.54) is 12.5 Å². The van der Waals surface area contributed by atoms with Crippen LogP contribution in [-0.2, 0) is 21.0 Å². The minimum Gasteiger partial charge on any atom is -0.390 e. The Balaban J connectivity index is 1.42. The van der Waals surface area contributed by atoms with E-state index in [-0.39, 0.29) is 30.2 Å². The van der Waals surface area contributed by atoms with E-state index in [4.69, 9.17) is 5.14 Å². The first-order valence-corrected chi connectivity index (χ1v) is 14.3. The van der Waals surface area contributed by atoms with Crippen LogP contribution < -0.4 is 10.5 Å². The largest absolute Gasteiger partial charge is 0.390 e. The highest BCUT2D eigenvalue weighted by molar-refractivity contribution is 9.10. The number of fused-ring (bicyclic) bond motifs is 1. The van der Waals surface area contributed by atoms with E-state index >= 15 is 0 Å². The molecule has 39 heavy (non-hydrogen) atoms. The molecule has 2 aromatic heterocycles. The predicted octanol–water partition coefficient (Wildman–Crippen LogP) is 2.22. The lowest BCUT2D eigenvalue weighted by atomic mass is 10.0. The normalized spacial score (nSPS) is 21.3. The number of aliphatic hydroxyl groups is 2. The Morgan fingerprint density at radius 2 is 1.95 bits per heavy atom. The van der Waals surface area contributed by atoms with Crippen LogP contribution in [0.1, 0.15) is 27.9 Å². The SMILES string of the molecule is NS(=O)(=O)OC[C@H]1C[C@@H](Nc2ncncc2C(=O)c2cn(Cc3cccc(Br)c3)c3ccccc23)[C@H](O)[C@@H]1O. The third-order valence-corrected chi connectivity index (χ3v) is 7.76. The molecule has 0 aliphatic heterocycles. The van der Waals surface area contributed by atoms with Gasteiger partial charge in [-0.15, -0.1) is 0 Å². The molecule has 13 heteroatoms. The van der Waals surface area contributed by atoms with Crippen LogP contribution in [0.2, 0.25) is 0 Å². The average Bonchev–Trinajstić information content (AvgIpc) is 3.39. The second-order valence-electron chi connectivity index (χ2n) is 9.44. The van der Waals surface area contributed by atoms with Gasteiger partial charge in [-0.05, 0) is 30.2 Å². The fraction of sp³-hybridized carbons (Fsp3) is 0.269. The van der Waals surface area contributed by atoms with E-state index in [1.54, 1.807) is 6.20 Å². The van der Waals surface area contributed by atoms with Crippen LogP contribution in [0.15, 0.2) is 71.7 Å². The number of carbonyl (C=O) groups is 1. The number of rotatable bonds is 9. The van der Waals surface area contributed by atoms with Gasteiger partial charge in [-0.3, -0.25) is 8.98 Å². The maximum atomic E-state index is 13.8. The van der Waals surface area contributed by atoms with Crippen molar-refractivity contribution in [3.63, 3.8) is 0 Å². The Morgan fingerprint density at radius 3 is 2.72 bits per heavy atom. The second kappa shape index (κ2) is 11.1. The van der Waals surface area contributed by atoms with Crippen LogP contribution in [-0.4, -0.2) is 63.8 Å². The van der Waals surface area contributed by atoms with Crippen molar-refractivity contribution < 1.29 is 27.6 Å². The molecule has 5 N–H and O–H groups in total. The molecule has 11 nitrogen and oxygen atoms in total. The number of para-hydroxylation sites is 1. The van der Waals surface area contributed by atoms with Crippen LogP contribution in [0, 0.1) is 5.92 Å². The summed E-state index contributed by atoms with van der Waals surface area (Å²) in [5.41, 5.74) is 2.60. The van der Waals surface area contributed by atoms with Gasteiger partial charge in [0.15, 0.2) is 5.78 Å². The molecule has 1 fully saturated rings. The van der Waals surface area contributed by atoms with Gasteiger partial charge >= 0.3 is 10.3 Å². The van der Waals surface area contributed by atoms with Crippen LogP contribution in [0.4, 0.5) is 5.82 Å². The molecule has 4 aromatic rings. The summed E-state index contributed by atoms with van der Waals surface area (Å²) in [4.78, 5) is 22.1. The van der Waals surface area contributed by atoms with Gasteiger partial charge in [-0.2, -0.15) is 8.42 Å². The summed E-state index contributed by atoms with van der Waals surface area (Å²) in [5, 5.41) is 29.7. The molecular weight excluding hydrogens is 590 g/mol. The zero-order chi connectivity index (χ0) is 27.7. The highest BCUT2D eigenvalue weighted by Gasteiger charge is 2.42. The number of hydrogen-bond donors (Lipinski definition) is 4. The smallest absolute Gasteiger partial charge is 0.333 e. The molecule has 0 saturated heterocycles. The van der Waals surface area contributed by atoms with Crippen LogP contribution in [0.5, 0.6) is 0 Å². The van der Waals surface area contributed by atoms with Gasteiger partial charge in [0.05, 0.1) is 24.3 Å². The van der Waals surface area contributed by atoms with Gasteiger partial charge in [0.1, 0.15) is 18.2 Å². The first-order chi connectivity index (χ1) is 18.6. The van der Waals surface area contributed by atoms with E-state index in [0.29, 0.717) is 12.1 Å². The molecule has 0 radical (unpaired) electrons. The molecular formula is C26H26BrN5O6S. The lowest BCUT2D eigenvalue weighted by molar-refractivity contribution is 0.00778. The second-order valence-corrected chi connectivity index (χ2v) is 11.6. The minimum atomic E-state index is -4.20. The summed E-state index contributed by atoms with van der Waals surface area (Å²) in [6, 6.07) is 14.8. The van der Waals surface area contributed by atoms with Gasteiger partial charge < -0.3 is 20.1 Å². The van der Waals surface area contributed by atoms with Crippen LogP contribution in [0.25, 0.3) is 10.9 Å². The zero-order valence-corrected chi connectivity index (χ0v) is 22.9. The number of aliphatic hydroxyl groups excluding tert-OH is 2. The van der Waals surface area contributed by atoms with Crippen molar-refractivity contribution in [2.75, 3.05) is 11.9 Å². The number of aromatic nitrogens is 3. The van der Waals surface area contributed by atoms with Gasteiger partial charge in [0.25, 0.3) is 0 Å². The van der Waals surface area contributed by atoms with Gasteiger partial charge in [0.2, 0.25) is 0 Å². The van der Waals surface area contributed by atoms with Gasteiger partial charge in [-0.1, -0.05) is 46.3 Å². The maximum Gasteiger partial charge on any atom is 0.333 e. The van der Waals surface area contributed by atoms with Crippen molar-refractivity contribution in [1.29, 1.82) is 0 Å². The summed E-state index contributed by atoms with van der Waals surface area (Å²) < 4.78 is 29.9. The summed E-state index contributed by atoms with van der Waals surface area (Å²) in [5.74, 6) is -0.833. The van der Waals surface area contributed by atoms with E-state index in [0.717, 1.165) is 20.9 Å². The number of benzene rings is 2. The summed E-state index contributed by atoms with van der Waals surface area (Å²) >= 11 is 3.50. The number of nitrogens with one attached hydrogen (secondary N) is 1. The maximum absolute atomic E-state index is 13.8. The van der Waals surface area contributed by atoms with E-state index in [2.05, 4.69) is 35.4 Å². The van der Waals surface area contributed by atoms with E-state index < -0.39 is 34.5 Å². The van der Waals surface area contributed by atoms with Crippen LogP contribution >= 0.6 is 15.9 Å². The first-order valence-electron chi connectivity index (χ1n) is 12.1. The molecule has 0 spiro atoms. The van der Waals surface area contributed by atoms with Gasteiger partial charge in [-0.25, -0.2) is 15.1 Å². The van der Waals surface area contributed by atoms with Crippen molar-refractivity contribution in [1.82, 2.24) is 14.5 Å². The number of ketones is 1. The highest BCUT2D eigenvalue weighted by Crippen LogP contribution is 2.31. The first kappa shape index (κ1) is 27.4. The lowest BCUT2D eigenvalue weighted by Crippen LogP contribution is -2.36.